The molecule has 158 valence electrons. The Kier molecular flexibility index (Phi) is 7.18. The average Bonchev–Trinajstić information content (AvgIpc) is 2.89. The fraction of sp³-hybridized carbons (Fsp3) is 0.333. The Hall–Kier alpha value is -3.20. The highest BCUT2D eigenvalue weighted by atomic mass is 32.1. The molecular weight excluding hydrogens is 406 g/mol. The topological polar surface area (TPSA) is 117 Å². The van der Waals surface area contributed by atoms with Crippen LogP contribution in [0, 0.1) is 0 Å². The van der Waals surface area contributed by atoms with Gasteiger partial charge in [-0.1, -0.05) is 18.6 Å². The van der Waals surface area contributed by atoms with Crippen molar-refractivity contribution < 1.29 is 24.2 Å². The smallest absolute Gasteiger partial charge is 0.341 e. The van der Waals surface area contributed by atoms with E-state index in [1.54, 1.807) is 25.1 Å². The van der Waals surface area contributed by atoms with Gasteiger partial charge in [-0.15, -0.1) is 11.3 Å². The van der Waals surface area contributed by atoms with E-state index in [2.05, 4.69) is 15.8 Å². The lowest BCUT2D eigenvalue weighted by atomic mass is 10.1. The van der Waals surface area contributed by atoms with Gasteiger partial charge in [0.25, 0.3) is 0 Å². The molecule has 1 aromatic carbocycles. The predicted molar refractivity (Wildman–Crippen MR) is 114 cm³/mol. The van der Waals surface area contributed by atoms with E-state index in [9.17, 15) is 19.5 Å². The van der Waals surface area contributed by atoms with Gasteiger partial charge in [-0.2, -0.15) is 5.10 Å². The molecule has 30 heavy (non-hydrogen) atoms. The molecule has 8 nitrogen and oxygen atoms in total. The number of hydrazone groups is 1. The molecular formula is C21H23N3O5S. The van der Waals surface area contributed by atoms with Crippen LogP contribution in [0.1, 0.15) is 52.5 Å². The van der Waals surface area contributed by atoms with E-state index in [-0.39, 0.29) is 12.4 Å². The van der Waals surface area contributed by atoms with E-state index in [0.717, 1.165) is 42.5 Å². The van der Waals surface area contributed by atoms with Crippen LogP contribution >= 0.6 is 11.3 Å². The summed E-state index contributed by atoms with van der Waals surface area (Å²) in [6.45, 7) is 1.94. The van der Waals surface area contributed by atoms with Crippen LogP contribution < -0.4 is 10.7 Å². The van der Waals surface area contributed by atoms with Gasteiger partial charge < -0.3 is 15.2 Å². The summed E-state index contributed by atoms with van der Waals surface area (Å²) in [6, 6.07) is 6.44. The van der Waals surface area contributed by atoms with Gasteiger partial charge in [0.05, 0.1) is 18.4 Å². The Bertz CT molecular complexity index is 983. The number of amides is 2. The van der Waals surface area contributed by atoms with Crippen LogP contribution in [0.5, 0.6) is 5.75 Å². The lowest BCUT2D eigenvalue weighted by molar-refractivity contribution is -0.136. The molecule has 9 heteroatoms. The van der Waals surface area contributed by atoms with Gasteiger partial charge in [-0.05, 0) is 50.3 Å². The number of thiophene rings is 1. The molecule has 0 fully saturated rings. The molecule has 0 radical (unpaired) electrons. The van der Waals surface area contributed by atoms with Gasteiger partial charge in [-0.3, -0.25) is 9.59 Å². The Labute approximate surface area is 177 Å². The fourth-order valence-corrected chi connectivity index (χ4v) is 4.49. The lowest BCUT2D eigenvalue weighted by Crippen LogP contribution is -2.32. The fourth-order valence-electron chi connectivity index (χ4n) is 3.22. The van der Waals surface area contributed by atoms with Crippen LogP contribution in [0.4, 0.5) is 5.00 Å². The molecule has 1 aliphatic rings. The minimum Gasteiger partial charge on any atom is -0.507 e. The number of anilines is 1. The van der Waals surface area contributed by atoms with Crippen LogP contribution in [0.15, 0.2) is 29.4 Å². The summed E-state index contributed by atoms with van der Waals surface area (Å²) in [6.07, 6.45) is 5.88. The highest BCUT2D eigenvalue weighted by Gasteiger charge is 2.27. The monoisotopic (exact) mass is 429 g/mol. The summed E-state index contributed by atoms with van der Waals surface area (Å²) in [5.74, 6) is -2.42. The molecule has 0 saturated heterocycles. The number of phenolic OH excluding ortho intramolecular Hbond substituents is 1. The molecule has 0 spiro atoms. The summed E-state index contributed by atoms with van der Waals surface area (Å²) in [5, 5.41) is 16.2. The number of nitrogens with one attached hydrogen (secondary N) is 2. The van der Waals surface area contributed by atoms with Crippen molar-refractivity contribution in [2.45, 2.75) is 39.0 Å². The third-order valence-electron chi connectivity index (χ3n) is 4.64. The molecule has 0 bridgehead atoms. The van der Waals surface area contributed by atoms with Gasteiger partial charge in [0.2, 0.25) is 0 Å². The van der Waals surface area contributed by atoms with Crippen molar-refractivity contribution in [1.82, 2.24) is 5.43 Å². The summed E-state index contributed by atoms with van der Waals surface area (Å²) in [4.78, 5) is 38.0. The highest BCUT2D eigenvalue weighted by Crippen LogP contribution is 2.38. The Balaban J connectivity index is 1.73. The zero-order valence-corrected chi connectivity index (χ0v) is 17.4. The molecule has 1 heterocycles. The molecule has 0 unspecified atom stereocenters. The maximum absolute atomic E-state index is 12.5. The summed E-state index contributed by atoms with van der Waals surface area (Å²) < 4.78 is 5.17. The number of carbonyl (C=O) groups is 3. The van der Waals surface area contributed by atoms with E-state index >= 15 is 0 Å². The molecule has 1 aromatic heterocycles. The van der Waals surface area contributed by atoms with Crippen LogP contribution in [0.3, 0.4) is 0 Å². The first-order valence-electron chi connectivity index (χ1n) is 9.75. The maximum Gasteiger partial charge on any atom is 0.341 e. The number of nitrogens with zero attached hydrogens (tertiary/aromatic N) is 1. The van der Waals surface area contributed by atoms with Gasteiger partial charge in [0.15, 0.2) is 0 Å². The van der Waals surface area contributed by atoms with E-state index in [0.29, 0.717) is 16.1 Å². The molecule has 3 rings (SSSR count). The first-order valence-corrected chi connectivity index (χ1v) is 10.6. The minimum absolute atomic E-state index is 0.000821. The van der Waals surface area contributed by atoms with Crippen LogP contribution in [-0.2, 0) is 27.2 Å². The number of phenols is 1. The first kappa shape index (κ1) is 21.5. The summed E-state index contributed by atoms with van der Waals surface area (Å²) in [7, 11) is 0. The minimum atomic E-state index is -0.986. The van der Waals surface area contributed by atoms with Crippen molar-refractivity contribution in [3.63, 3.8) is 0 Å². The largest absolute Gasteiger partial charge is 0.507 e. The van der Waals surface area contributed by atoms with E-state index < -0.39 is 17.8 Å². The normalized spacial score (nSPS) is 13.4. The zero-order chi connectivity index (χ0) is 21.5. The number of aromatic hydroxyl groups is 1. The number of rotatable bonds is 5. The third-order valence-corrected chi connectivity index (χ3v) is 5.85. The van der Waals surface area contributed by atoms with E-state index in [1.807, 2.05) is 0 Å². The SMILES string of the molecule is CCOC(=O)c1c(NC(=O)C(=O)NN=Cc2ccccc2O)sc2c1CCCCC2. The number of ether oxygens (including phenoxy) is 1. The van der Waals surface area contributed by atoms with E-state index in [1.165, 1.54) is 23.6 Å². The molecule has 1 aliphatic carbocycles. The highest BCUT2D eigenvalue weighted by molar-refractivity contribution is 7.17. The van der Waals surface area contributed by atoms with Crippen molar-refractivity contribution in [1.29, 1.82) is 0 Å². The first-order chi connectivity index (χ1) is 14.5. The number of carbonyl (C=O) groups excluding carboxylic acids is 3. The number of benzene rings is 1. The average molecular weight is 429 g/mol. The number of fused-ring (bicyclic) bond motifs is 1. The number of para-hydroxylation sites is 1. The van der Waals surface area contributed by atoms with Gasteiger partial charge in [-0.25, -0.2) is 10.2 Å². The zero-order valence-electron chi connectivity index (χ0n) is 16.6. The molecule has 0 aliphatic heterocycles. The van der Waals surface area contributed by atoms with Crippen LogP contribution in [0.25, 0.3) is 0 Å². The Morgan fingerprint density at radius 2 is 1.93 bits per heavy atom. The number of aryl methyl sites for hydroxylation is 1. The van der Waals surface area contributed by atoms with Crippen LogP contribution in [-0.4, -0.2) is 35.7 Å². The standard InChI is InChI=1S/C21H23N3O5S/c1-2-29-21(28)17-14-9-4-3-5-11-16(14)30-20(17)23-18(26)19(27)24-22-12-13-8-6-7-10-15(13)25/h6-8,10,12,25H,2-5,9,11H2,1H3,(H,23,26)(H,24,27). The second-order valence-electron chi connectivity index (χ2n) is 6.70. The molecule has 0 atom stereocenters. The quantitative estimate of drug-likeness (QED) is 0.222. The molecule has 3 N–H and O–H groups in total. The van der Waals surface area contributed by atoms with Gasteiger partial charge >= 0.3 is 17.8 Å². The van der Waals surface area contributed by atoms with Crippen molar-refractivity contribution in [2.75, 3.05) is 11.9 Å². The number of hydrogen-bond acceptors (Lipinski definition) is 7. The molecule has 2 amide bonds. The van der Waals surface area contributed by atoms with Crippen LogP contribution in [0.2, 0.25) is 0 Å². The number of esters is 1. The van der Waals surface area contributed by atoms with Crippen molar-refractivity contribution >= 4 is 40.3 Å². The molecule has 2 aromatic rings. The number of hydrogen-bond donors (Lipinski definition) is 3. The van der Waals surface area contributed by atoms with Crippen molar-refractivity contribution in [3.8, 4) is 5.75 Å². The second kappa shape index (κ2) is 10.0. The second-order valence-corrected chi connectivity index (χ2v) is 7.81. The van der Waals surface area contributed by atoms with Gasteiger partial charge in [0.1, 0.15) is 10.8 Å². The predicted octanol–water partition coefficient (Wildman–Crippen LogP) is 2.99. The lowest BCUT2D eigenvalue weighted by Gasteiger charge is -2.08. The van der Waals surface area contributed by atoms with Gasteiger partial charge in [0, 0.05) is 10.4 Å². The third kappa shape index (κ3) is 5.04. The Morgan fingerprint density at radius 3 is 2.70 bits per heavy atom. The summed E-state index contributed by atoms with van der Waals surface area (Å²) >= 11 is 1.31. The summed E-state index contributed by atoms with van der Waals surface area (Å²) in [5.41, 5.74) is 3.76. The van der Waals surface area contributed by atoms with E-state index in [4.69, 9.17) is 4.74 Å². The van der Waals surface area contributed by atoms with Crippen molar-refractivity contribution in [3.05, 3.63) is 45.8 Å². The Morgan fingerprint density at radius 1 is 1.17 bits per heavy atom. The van der Waals surface area contributed by atoms with Crippen molar-refractivity contribution in [2.24, 2.45) is 5.10 Å². The maximum atomic E-state index is 12.5. The molecule has 0 saturated carbocycles.